The molecule has 3 aromatic rings. The van der Waals surface area contributed by atoms with E-state index in [1.54, 1.807) is 18.6 Å². The Hall–Kier alpha value is -2.58. The largest absolute Gasteiger partial charge is 0.447 e. The van der Waals surface area contributed by atoms with Crippen LogP contribution in [0.4, 0.5) is 5.13 Å². The van der Waals surface area contributed by atoms with Crippen LogP contribution < -0.4 is 10.7 Å². The number of nitrogens with one attached hydrogen (secondary N) is 1. The maximum Gasteiger partial charge on any atom is 0.230 e. The molecule has 1 amide bonds. The summed E-state index contributed by atoms with van der Waals surface area (Å²) in [5, 5.41) is 4.35. The predicted octanol–water partition coefficient (Wildman–Crippen LogP) is 3.42. The summed E-state index contributed by atoms with van der Waals surface area (Å²) < 4.78 is 5.78. The molecule has 3 heterocycles. The number of nitrogens with zero attached hydrogens (tertiary/aromatic N) is 3. The average Bonchev–Trinajstić information content (AvgIpc) is 3.22. The smallest absolute Gasteiger partial charge is 0.230 e. The third-order valence-electron chi connectivity index (χ3n) is 3.51. The van der Waals surface area contributed by atoms with E-state index >= 15 is 0 Å². The van der Waals surface area contributed by atoms with Gasteiger partial charge in [0.1, 0.15) is 13.5 Å². The monoisotopic (exact) mass is 384 g/mol. The van der Waals surface area contributed by atoms with Gasteiger partial charge >= 0.3 is 0 Å². The number of oxazole rings is 1. The second-order valence-electron chi connectivity index (χ2n) is 6.80. The van der Waals surface area contributed by atoms with Gasteiger partial charge in [-0.15, -0.1) is 0 Å². The first-order chi connectivity index (χ1) is 12.4. The van der Waals surface area contributed by atoms with Crippen LogP contribution in [0.15, 0.2) is 41.3 Å². The van der Waals surface area contributed by atoms with E-state index in [-0.39, 0.29) is 12.3 Å². The number of carbonyl (C=O) groups excluding carboxylic acids is 1. The Bertz CT molecular complexity index is 913. The Labute approximate surface area is 157 Å². The number of pyridine rings is 1. The molecular weight excluding hydrogens is 364 g/mol. The minimum atomic E-state index is -1.49. The number of thiazole rings is 1. The molecule has 1 N–H and O–H groups in total. The normalized spacial score (nSPS) is 11.8. The fourth-order valence-corrected chi connectivity index (χ4v) is 3.74. The zero-order valence-corrected chi connectivity index (χ0v) is 16.7. The highest BCUT2D eigenvalue weighted by atomic mass is 32.1. The molecule has 0 unspecified atom stereocenters. The SMILES string of the molecule is C[Si](C)(C)c1cnc(/C=C/c2cnc(NC(=O)Cc3cccnc3)s2)o1. The van der Waals surface area contributed by atoms with Crippen molar-refractivity contribution in [3.63, 3.8) is 0 Å². The molecule has 6 nitrogen and oxygen atoms in total. The van der Waals surface area contributed by atoms with Crippen molar-refractivity contribution in [1.82, 2.24) is 15.0 Å². The summed E-state index contributed by atoms with van der Waals surface area (Å²) in [5.74, 6) is 0.466. The van der Waals surface area contributed by atoms with Crippen LogP contribution in [-0.2, 0) is 11.2 Å². The molecule has 0 atom stereocenters. The summed E-state index contributed by atoms with van der Waals surface area (Å²) in [4.78, 5) is 25.5. The summed E-state index contributed by atoms with van der Waals surface area (Å²) >= 11 is 1.40. The number of amides is 1. The lowest BCUT2D eigenvalue weighted by Gasteiger charge is -2.09. The van der Waals surface area contributed by atoms with E-state index in [9.17, 15) is 4.79 Å². The molecule has 0 radical (unpaired) electrons. The topological polar surface area (TPSA) is 80.9 Å². The molecule has 134 valence electrons. The molecule has 0 aliphatic carbocycles. The maximum absolute atomic E-state index is 12.1. The lowest BCUT2D eigenvalue weighted by molar-refractivity contribution is -0.115. The van der Waals surface area contributed by atoms with Crippen LogP contribution in [0.5, 0.6) is 0 Å². The van der Waals surface area contributed by atoms with Crippen molar-refractivity contribution in [3.8, 4) is 0 Å². The first-order valence-corrected chi connectivity index (χ1v) is 12.5. The Morgan fingerprint density at radius 3 is 2.77 bits per heavy atom. The van der Waals surface area contributed by atoms with Crippen LogP contribution in [0.1, 0.15) is 16.3 Å². The fraction of sp³-hybridized carbons (Fsp3) is 0.222. The standard InChI is InChI=1S/C18H20N4O2SSi/c1-26(2,3)17-12-20-16(24-17)7-6-14-11-21-18(25-14)22-15(23)9-13-5-4-8-19-10-13/h4-8,10-12H,9H2,1-3H3,(H,21,22,23)/b7-6+. The highest BCUT2D eigenvalue weighted by Gasteiger charge is 2.21. The molecule has 0 bridgehead atoms. The summed E-state index contributed by atoms with van der Waals surface area (Å²) in [5.41, 5.74) is 0.865. The number of rotatable bonds is 6. The molecule has 0 fully saturated rings. The van der Waals surface area contributed by atoms with Gasteiger partial charge in [0, 0.05) is 29.5 Å². The van der Waals surface area contributed by atoms with Gasteiger partial charge in [0.05, 0.1) is 12.6 Å². The molecule has 3 rings (SSSR count). The van der Waals surface area contributed by atoms with Gasteiger partial charge in [0.2, 0.25) is 11.8 Å². The first kappa shape index (κ1) is 18.2. The predicted molar refractivity (Wildman–Crippen MR) is 107 cm³/mol. The van der Waals surface area contributed by atoms with Crippen molar-refractivity contribution >= 4 is 48.0 Å². The Balaban J connectivity index is 1.59. The molecule has 0 aliphatic heterocycles. The average molecular weight is 385 g/mol. The van der Waals surface area contributed by atoms with Crippen LogP contribution in [0.25, 0.3) is 12.2 Å². The summed E-state index contributed by atoms with van der Waals surface area (Å²) in [6, 6.07) is 3.68. The Morgan fingerprint density at radius 2 is 2.08 bits per heavy atom. The zero-order chi connectivity index (χ0) is 18.6. The maximum atomic E-state index is 12.1. The number of hydrogen-bond donors (Lipinski definition) is 1. The van der Waals surface area contributed by atoms with Crippen LogP contribution in [0.2, 0.25) is 19.6 Å². The van der Waals surface area contributed by atoms with Crippen molar-refractivity contribution in [2.75, 3.05) is 5.32 Å². The van der Waals surface area contributed by atoms with Crippen molar-refractivity contribution in [2.45, 2.75) is 26.1 Å². The van der Waals surface area contributed by atoms with E-state index in [1.165, 1.54) is 11.3 Å². The highest BCUT2D eigenvalue weighted by Crippen LogP contribution is 2.20. The van der Waals surface area contributed by atoms with Gasteiger partial charge in [0.25, 0.3) is 0 Å². The number of hydrogen-bond acceptors (Lipinski definition) is 6. The highest BCUT2D eigenvalue weighted by molar-refractivity contribution is 7.16. The van der Waals surface area contributed by atoms with Gasteiger partial charge in [-0.3, -0.25) is 9.78 Å². The van der Waals surface area contributed by atoms with E-state index in [0.717, 1.165) is 15.8 Å². The van der Waals surface area contributed by atoms with Crippen molar-refractivity contribution in [1.29, 1.82) is 0 Å². The Morgan fingerprint density at radius 1 is 1.23 bits per heavy atom. The first-order valence-electron chi connectivity index (χ1n) is 8.19. The van der Waals surface area contributed by atoms with E-state index in [1.807, 2.05) is 30.5 Å². The molecule has 0 saturated carbocycles. The quantitative estimate of drug-likeness (QED) is 0.659. The van der Waals surface area contributed by atoms with E-state index in [2.05, 4.69) is 39.9 Å². The van der Waals surface area contributed by atoms with Gasteiger partial charge < -0.3 is 9.73 Å². The third kappa shape index (κ3) is 4.96. The molecule has 0 aromatic carbocycles. The van der Waals surface area contributed by atoms with Crippen molar-refractivity contribution in [2.24, 2.45) is 0 Å². The van der Waals surface area contributed by atoms with Gasteiger partial charge in [-0.2, -0.15) is 0 Å². The lowest BCUT2D eigenvalue weighted by Crippen LogP contribution is -2.36. The van der Waals surface area contributed by atoms with Crippen LogP contribution >= 0.6 is 11.3 Å². The summed E-state index contributed by atoms with van der Waals surface area (Å²) in [6.07, 6.45) is 10.9. The van der Waals surface area contributed by atoms with Crippen molar-refractivity contribution < 1.29 is 9.21 Å². The molecule has 0 spiro atoms. The number of carbonyl (C=O) groups is 1. The second-order valence-corrected chi connectivity index (χ2v) is 12.9. The van der Waals surface area contributed by atoms with Crippen molar-refractivity contribution in [3.05, 3.63) is 53.3 Å². The zero-order valence-electron chi connectivity index (χ0n) is 14.9. The third-order valence-corrected chi connectivity index (χ3v) is 6.10. The molecular formula is C18H20N4O2SSi. The minimum absolute atomic E-state index is 0.115. The van der Waals surface area contributed by atoms with E-state index in [4.69, 9.17) is 4.42 Å². The number of anilines is 1. The lowest BCUT2D eigenvalue weighted by atomic mass is 10.2. The minimum Gasteiger partial charge on any atom is -0.447 e. The van der Waals surface area contributed by atoms with E-state index in [0.29, 0.717) is 11.0 Å². The number of aromatic nitrogens is 3. The summed E-state index contributed by atoms with van der Waals surface area (Å²) in [6.45, 7) is 6.64. The molecule has 8 heteroatoms. The van der Waals surface area contributed by atoms with Crippen LogP contribution in [0.3, 0.4) is 0 Å². The van der Waals surface area contributed by atoms with Gasteiger partial charge in [-0.05, 0) is 17.7 Å². The van der Waals surface area contributed by atoms with E-state index < -0.39 is 8.07 Å². The Kier molecular flexibility index (Phi) is 5.43. The van der Waals surface area contributed by atoms with Crippen LogP contribution in [-0.4, -0.2) is 28.9 Å². The molecule has 26 heavy (non-hydrogen) atoms. The van der Waals surface area contributed by atoms with Crippen LogP contribution in [0, 0.1) is 0 Å². The van der Waals surface area contributed by atoms with Gasteiger partial charge in [0.15, 0.2) is 5.13 Å². The summed E-state index contributed by atoms with van der Waals surface area (Å²) in [7, 11) is -1.49. The molecule has 0 saturated heterocycles. The fourth-order valence-electron chi connectivity index (χ4n) is 2.14. The molecule has 0 aliphatic rings. The molecule has 3 aromatic heterocycles. The van der Waals surface area contributed by atoms with Gasteiger partial charge in [-0.1, -0.05) is 37.0 Å². The van der Waals surface area contributed by atoms with Gasteiger partial charge in [-0.25, -0.2) is 9.97 Å². The second kappa shape index (κ2) is 7.75.